The molecule has 0 saturated carbocycles. The summed E-state index contributed by atoms with van der Waals surface area (Å²) in [5, 5.41) is 43.1. The molecule has 0 unspecified atom stereocenters. The predicted molar refractivity (Wildman–Crippen MR) is 122 cm³/mol. The molecule has 4 fully saturated rings. The molecule has 0 amide bonds. The molecule has 2 aromatic rings. The Morgan fingerprint density at radius 1 is 0.541 bits per heavy atom. The highest BCUT2D eigenvalue weighted by molar-refractivity contribution is 5.17. The van der Waals surface area contributed by atoms with Crippen LogP contribution in [0.3, 0.4) is 0 Å². The first-order valence-corrected chi connectivity index (χ1v) is 12.3. The van der Waals surface area contributed by atoms with Crippen LogP contribution in [0.1, 0.15) is 23.7 Å². The summed E-state index contributed by atoms with van der Waals surface area (Å²) in [6.45, 7) is 0.162. The second-order valence-corrected chi connectivity index (χ2v) is 9.54. The van der Waals surface area contributed by atoms with E-state index in [0.717, 1.165) is 11.1 Å². The van der Waals surface area contributed by atoms with Crippen molar-refractivity contribution >= 4 is 0 Å². The number of aliphatic hydroxyl groups is 4. The second kappa shape index (κ2) is 10.6. The average Bonchev–Trinajstić information content (AvgIpc) is 2.95. The third-order valence-electron chi connectivity index (χ3n) is 7.08. The summed E-state index contributed by atoms with van der Waals surface area (Å²) in [5.74, 6) is 0. The van der Waals surface area contributed by atoms with E-state index in [1.807, 2.05) is 60.7 Å². The van der Waals surface area contributed by atoms with Crippen LogP contribution in [-0.2, 0) is 33.2 Å². The van der Waals surface area contributed by atoms with Crippen LogP contribution in [-0.4, -0.2) is 95.1 Å². The Kier molecular flexibility index (Phi) is 7.27. The van der Waals surface area contributed by atoms with Crippen molar-refractivity contribution in [1.29, 1.82) is 0 Å². The lowest BCUT2D eigenvalue weighted by Crippen LogP contribution is -2.66. The van der Waals surface area contributed by atoms with E-state index in [9.17, 15) is 20.4 Å². The van der Waals surface area contributed by atoms with Gasteiger partial charge >= 0.3 is 0 Å². The summed E-state index contributed by atoms with van der Waals surface area (Å²) in [6.07, 6.45) is -13.1. The monoisotopic (exact) mass is 518 g/mol. The lowest BCUT2D eigenvalue weighted by Gasteiger charge is -2.49. The quantitative estimate of drug-likeness (QED) is 0.438. The van der Waals surface area contributed by atoms with E-state index < -0.39 is 74.0 Å². The number of hydrogen-bond donors (Lipinski definition) is 4. The van der Waals surface area contributed by atoms with Crippen molar-refractivity contribution in [2.45, 2.75) is 74.0 Å². The van der Waals surface area contributed by atoms with Gasteiger partial charge in [0.1, 0.15) is 48.8 Å². The molecule has 4 aliphatic rings. The molecule has 4 aliphatic heterocycles. The van der Waals surface area contributed by atoms with Crippen LogP contribution in [0, 0.1) is 0 Å². The summed E-state index contributed by atoms with van der Waals surface area (Å²) < 4.78 is 40.7. The number of ether oxygens (including phenoxy) is 7. The van der Waals surface area contributed by atoms with Crippen LogP contribution in [0.15, 0.2) is 60.7 Å². The number of hydrogen-bond acceptors (Lipinski definition) is 11. The molecule has 4 saturated heterocycles. The number of rotatable bonds is 4. The van der Waals surface area contributed by atoms with Gasteiger partial charge in [-0.3, -0.25) is 0 Å². The molecule has 0 aromatic heterocycles. The Labute approximate surface area is 213 Å². The molecule has 2 aromatic carbocycles. The van der Waals surface area contributed by atoms with Crippen LogP contribution < -0.4 is 0 Å². The van der Waals surface area contributed by atoms with Gasteiger partial charge in [-0.15, -0.1) is 0 Å². The maximum absolute atomic E-state index is 10.8. The molecule has 4 N–H and O–H groups in total. The standard InChI is InChI=1S/C26H30O11/c27-17-19(29)25(33-15-11-31-23(35-21(15)17)13-7-3-1-4-8-13)37-26-20(30)18(28)22-16(34-26)12-32-24(36-22)14-9-5-2-6-10-14/h1-10,15-30H,11-12H2/t15-,16-,17-,18-,19-,20-,21-,22-,23-,24-,25-,26-/m1/s1. The molecular formula is C26H30O11. The summed E-state index contributed by atoms with van der Waals surface area (Å²) >= 11 is 0. The third-order valence-corrected chi connectivity index (χ3v) is 7.08. The zero-order valence-electron chi connectivity index (χ0n) is 19.8. The minimum absolute atomic E-state index is 0.0812. The van der Waals surface area contributed by atoms with Crippen molar-refractivity contribution in [3.05, 3.63) is 71.8 Å². The summed E-state index contributed by atoms with van der Waals surface area (Å²) in [5.41, 5.74) is 1.55. The van der Waals surface area contributed by atoms with Crippen LogP contribution in [0.5, 0.6) is 0 Å². The maximum atomic E-state index is 10.8. The molecule has 12 atom stereocenters. The van der Waals surface area contributed by atoms with Gasteiger partial charge in [-0.25, -0.2) is 0 Å². The van der Waals surface area contributed by atoms with E-state index in [4.69, 9.17) is 33.2 Å². The third kappa shape index (κ3) is 4.93. The first-order valence-electron chi connectivity index (χ1n) is 12.3. The van der Waals surface area contributed by atoms with Gasteiger partial charge in [0.15, 0.2) is 25.2 Å². The molecule has 200 valence electrons. The van der Waals surface area contributed by atoms with E-state index in [2.05, 4.69) is 0 Å². The van der Waals surface area contributed by atoms with Gasteiger partial charge in [0, 0.05) is 11.1 Å². The summed E-state index contributed by atoms with van der Waals surface area (Å²) in [7, 11) is 0. The fourth-order valence-corrected chi connectivity index (χ4v) is 5.07. The molecule has 0 radical (unpaired) electrons. The summed E-state index contributed by atoms with van der Waals surface area (Å²) in [6, 6.07) is 18.5. The highest BCUT2D eigenvalue weighted by atomic mass is 16.8. The minimum atomic E-state index is -1.51. The molecule has 11 nitrogen and oxygen atoms in total. The van der Waals surface area contributed by atoms with Crippen molar-refractivity contribution in [2.75, 3.05) is 13.2 Å². The Hall–Kier alpha value is -2.00. The lowest BCUT2D eigenvalue weighted by atomic mass is 9.96. The highest BCUT2D eigenvalue weighted by Gasteiger charge is 2.53. The van der Waals surface area contributed by atoms with Gasteiger partial charge in [-0.05, 0) is 0 Å². The highest BCUT2D eigenvalue weighted by Crippen LogP contribution is 2.37. The van der Waals surface area contributed by atoms with Crippen molar-refractivity contribution < 1.29 is 53.6 Å². The largest absolute Gasteiger partial charge is 0.387 e. The fourth-order valence-electron chi connectivity index (χ4n) is 5.07. The molecule has 37 heavy (non-hydrogen) atoms. The van der Waals surface area contributed by atoms with Crippen molar-refractivity contribution in [1.82, 2.24) is 0 Å². The Morgan fingerprint density at radius 2 is 0.946 bits per heavy atom. The summed E-state index contributed by atoms with van der Waals surface area (Å²) in [4.78, 5) is 0. The molecule has 0 spiro atoms. The van der Waals surface area contributed by atoms with Crippen LogP contribution in [0.4, 0.5) is 0 Å². The van der Waals surface area contributed by atoms with Crippen molar-refractivity contribution in [3.8, 4) is 0 Å². The van der Waals surface area contributed by atoms with Crippen LogP contribution in [0.2, 0.25) is 0 Å². The normalized spacial score (nSPS) is 44.0. The van der Waals surface area contributed by atoms with Gasteiger partial charge in [-0.1, -0.05) is 60.7 Å². The van der Waals surface area contributed by atoms with Gasteiger partial charge in [0.2, 0.25) is 0 Å². The number of aliphatic hydroxyl groups excluding tert-OH is 4. The molecule has 11 heteroatoms. The molecule has 0 bridgehead atoms. The molecule has 0 aliphatic carbocycles. The van der Waals surface area contributed by atoms with Crippen LogP contribution >= 0.6 is 0 Å². The fraction of sp³-hybridized carbons (Fsp3) is 0.538. The van der Waals surface area contributed by atoms with Gasteiger partial charge in [0.25, 0.3) is 0 Å². The topological polar surface area (TPSA) is 146 Å². The van der Waals surface area contributed by atoms with E-state index in [-0.39, 0.29) is 13.2 Å². The van der Waals surface area contributed by atoms with E-state index >= 15 is 0 Å². The predicted octanol–water partition coefficient (Wildman–Crippen LogP) is 0.125. The van der Waals surface area contributed by atoms with E-state index in [1.165, 1.54) is 0 Å². The van der Waals surface area contributed by atoms with Gasteiger partial charge < -0.3 is 53.6 Å². The minimum Gasteiger partial charge on any atom is -0.387 e. The van der Waals surface area contributed by atoms with Crippen molar-refractivity contribution in [2.24, 2.45) is 0 Å². The smallest absolute Gasteiger partial charge is 0.189 e. The second-order valence-electron chi connectivity index (χ2n) is 9.54. The SMILES string of the molecule is O[C@@H]1[C@@H](O)[C@@H](O[C@H]2O[C@@H]3CO[C@@H](c4ccccc4)O[C@H]3[C@H](O)[C@H]2O)O[C@@H]2CO[C@@H](c3ccccc3)O[C@@H]12. The zero-order valence-corrected chi connectivity index (χ0v) is 19.8. The molecule has 4 heterocycles. The first-order chi connectivity index (χ1) is 18.0. The maximum Gasteiger partial charge on any atom is 0.189 e. The lowest BCUT2D eigenvalue weighted by molar-refractivity contribution is -0.412. The van der Waals surface area contributed by atoms with Gasteiger partial charge in [-0.2, -0.15) is 0 Å². The molecule has 6 rings (SSSR count). The first kappa shape index (κ1) is 25.3. The van der Waals surface area contributed by atoms with Crippen LogP contribution in [0.25, 0.3) is 0 Å². The number of benzene rings is 2. The Bertz CT molecular complexity index is 940. The Balaban J connectivity index is 1.09. The van der Waals surface area contributed by atoms with Crippen molar-refractivity contribution in [3.63, 3.8) is 0 Å². The Morgan fingerprint density at radius 3 is 1.35 bits per heavy atom. The number of fused-ring (bicyclic) bond motifs is 2. The van der Waals surface area contributed by atoms with E-state index in [0.29, 0.717) is 0 Å². The van der Waals surface area contributed by atoms with E-state index in [1.54, 1.807) is 0 Å². The zero-order chi connectivity index (χ0) is 25.5. The van der Waals surface area contributed by atoms with Gasteiger partial charge in [0.05, 0.1) is 13.2 Å². The molecular weight excluding hydrogens is 488 g/mol. The average molecular weight is 519 g/mol.